The van der Waals surface area contributed by atoms with Crippen molar-refractivity contribution in [1.82, 2.24) is 0 Å². The molecule has 0 saturated carbocycles. The van der Waals surface area contributed by atoms with Gasteiger partial charge in [0.2, 0.25) is 0 Å². The number of benzene rings is 2. The van der Waals surface area contributed by atoms with Crippen molar-refractivity contribution in [2.24, 2.45) is 5.16 Å². The van der Waals surface area contributed by atoms with Crippen LogP contribution in [0.15, 0.2) is 59.8 Å². The second kappa shape index (κ2) is 4.92. The van der Waals surface area contributed by atoms with Gasteiger partial charge in [0.25, 0.3) is 0 Å². The number of hydrogen-bond acceptors (Lipinski definition) is 3. The van der Waals surface area contributed by atoms with E-state index in [9.17, 15) is 0 Å². The molecule has 0 aromatic heterocycles. The molecule has 2 aromatic carbocycles. The molecular formula is C15H13NO2. The molecule has 0 aliphatic carbocycles. The van der Waals surface area contributed by atoms with Gasteiger partial charge in [-0.25, -0.2) is 0 Å². The maximum absolute atomic E-state index is 5.67. The van der Waals surface area contributed by atoms with E-state index in [4.69, 9.17) is 9.57 Å². The molecule has 0 fully saturated rings. The van der Waals surface area contributed by atoms with Crippen LogP contribution >= 0.6 is 0 Å². The lowest BCUT2D eigenvalue weighted by atomic mass is 10.0. The maximum Gasteiger partial charge on any atom is 0.151 e. The molecule has 18 heavy (non-hydrogen) atoms. The summed E-state index contributed by atoms with van der Waals surface area (Å²) in [5.74, 6) is 0.850. The van der Waals surface area contributed by atoms with Crippen LogP contribution in [-0.4, -0.2) is 18.9 Å². The average Bonchev–Trinajstić information content (AvgIpc) is 2.41. The Kier molecular flexibility index (Phi) is 2.96. The number of rotatable bonds is 1. The monoisotopic (exact) mass is 239 g/mol. The van der Waals surface area contributed by atoms with Gasteiger partial charge in [-0.15, -0.1) is 0 Å². The first kappa shape index (κ1) is 10.8. The van der Waals surface area contributed by atoms with Gasteiger partial charge in [-0.3, -0.25) is 0 Å². The molecule has 0 radical (unpaired) electrons. The molecule has 0 N–H and O–H groups in total. The molecule has 2 aromatic rings. The average molecular weight is 239 g/mol. The largest absolute Gasteiger partial charge is 0.489 e. The fourth-order valence-electron chi connectivity index (χ4n) is 1.94. The van der Waals surface area contributed by atoms with E-state index in [1.54, 1.807) is 0 Å². The van der Waals surface area contributed by atoms with Crippen molar-refractivity contribution in [3.05, 3.63) is 65.7 Å². The van der Waals surface area contributed by atoms with Gasteiger partial charge in [0.15, 0.2) is 6.61 Å². The first-order valence-corrected chi connectivity index (χ1v) is 5.93. The summed E-state index contributed by atoms with van der Waals surface area (Å²) in [6.45, 7) is 0.979. The highest BCUT2D eigenvalue weighted by atomic mass is 16.6. The number of oxime groups is 1. The van der Waals surface area contributed by atoms with Gasteiger partial charge in [-0.05, 0) is 12.1 Å². The van der Waals surface area contributed by atoms with Crippen LogP contribution in [0.2, 0.25) is 0 Å². The molecule has 3 nitrogen and oxygen atoms in total. The van der Waals surface area contributed by atoms with Crippen LogP contribution in [0.1, 0.15) is 11.1 Å². The van der Waals surface area contributed by atoms with Gasteiger partial charge in [-0.2, -0.15) is 0 Å². The van der Waals surface area contributed by atoms with Gasteiger partial charge < -0.3 is 9.57 Å². The fourth-order valence-corrected chi connectivity index (χ4v) is 1.94. The van der Waals surface area contributed by atoms with E-state index in [1.807, 2.05) is 54.6 Å². The Balaban J connectivity index is 2.12. The first-order chi connectivity index (χ1) is 8.95. The molecule has 0 amide bonds. The molecule has 0 atom stereocenters. The Morgan fingerprint density at radius 2 is 1.61 bits per heavy atom. The minimum Gasteiger partial charge on any atom is -0.489 e. The minimum atomic E-state index is 0.463. The van der Waals surface area contributed by atoms with Crippen LogP contribution in [-0.2, 0) is 4.84 Å². The zero-order valence-electron chi connectivity index (χ0n) is 9.87. The number of fused-ring (bicyclic) bond motifs is 1. The summed E-state index contributed by atoms with van der Waals surface area (Å²) in [6, 6.07) is 17.9. The molecule has 0 bridgehead atoms. The third kappa shape index (κ3) is 2.07. The Labute approximate surface area is 106 Å². The smallest absolute Gasteiger partial charge is 0.151 e. The van der Waals surface area contributed by atoms with Gasteiger partial charge >= 0.3 is 0 Å². The Bertz CT molecular complexity index is 564. The van der Waals surface area contributed by atoms with Crippen LogP contribution in [0, 0.1) is 0 Å². The molecule has 90 valence electrons. The van der Waals surface area contributed by atoms with E-state index >= 15 is 0 Å². The number of nitrogens with zero attached hydrogens (tertiary/aromatic N) is 1. The minimum absolute atomic E-state index is 0.463. The second-order valence-electron chi connectivity index (χ2n) is 3.98. The number of ether oxygens (including phenoxy) is 1. The van der Waals surface area contributed by atoms with E-state index in [1.165, 1.54) is 0 Å². The van der Waals surface area contributed by atoms with E-state index in [2.05, 4.69) is 5.16 Å². The van der Waals surface area contributed by atoms with Crippen LogP contribution in [0.25, 0.3) is 0 Å². The molecule has 3 heteroatoms. The third-order valence-corrected chi connectivity index (χ3v) is 2.78. The molecule has 1 aliphatic rings. The van der Waals surface area contributed by atoms with Crippen LogP contribution < -0.4 is 4.74 Å². The van der Waals surface area contributed by atoms with Crippen LogP contribution in [0.5, 0.6) is 5.75 Å². The third-order valence-electron chi connectivity index (χ3n) is 2.78. The summed E-state index contributed by atoms with van der Waals surface area (Å²) in [6.07, 6.45) is 0. The predicted molar refractivity (Wildman–Crippen MR) is 70.0 cm³/mol. The molecule has 0 spiro atoms. The molecule has 1 aliphatic heterocycles. The quantitative estimate of drug-likeness (QED) is 0.766. The summed E-state index contributed by atoms with van der Waals surface area (Å²) in [5.41, 5.74) is 2.80. The molecule has 0 saturated heterocycles. The molecule has 1 heterocycles. The van der Waals surface area contributed by atoms with Crippen molar-refractivity contribution in [2.45, 2.75) is 0 Å². The Morgan fingerprint density at radius 1 is 0.833 bits per heavy atom. The van der Waals surface area contributed by atoms with E-state index in [-0.39, 0.29) is 0 Å². The van der Waals surface area contributed by atoms with Crippen molar-refractivity contribution in [3.63, 3.8) is 0 Å². The van der Waals surface area contributed by atoms with E-state index in [0.717, 1.165) is 22.6 Å². The molecule has 3 rings (SSSR count). The highest BCUT2D eigenvalue weighted by Crippen LogP contribution is 2.23. The Morgan fingerprint density at radius 3 is 2.50 bits per heavy atom. The van der Waals surface area contributed by atoms with Gasteiger partial charge in [-0.1, -0.05) is 47.6 Å². The summed E-state index contributed by atoms with van der Waals surface area (Å²) in [5, 5.41) is 4.23. The summed E-state index contributed by atoms with van der Waals surface area (Å²) in [7, 11) is 0. The van der Waals surface area contributed by atoms with E-state index in [0.29, 0.717) is 13.2 Å². The second-order valence-corrected chi connectivity index (χ2v) is 3.98. The number of hydrogen-bond donors (Lipinski definition) is 0. The molecule has 0 unspecified atom stereocenters. The zero-order valence-corrected chi connectivity index (χ0v) is 9.87. The predicted octanol–water partition coefficient (Wildman–Crippen LogP) is 2.85. The molecular weight excluding hydrogens is 226 g/mol. The van der Waals surface area contributed by atoms with Crippen molar-refractivity contribution in [2.75, 3.05) is 13.2 Å². The van der Waals surface area contributed by atoms with Gasteiger partial charge in [0.05, 0.1) is 0 Å². The van der Waals surface area contributed by atoms with Crippen LogP contribution in [0.4, 0.5) is 0 Å². The van der Waals surface area contributed by atoms with Crippen molar-refractivity contribution in [3.8, 4) is 5.75 Å². The van der Waals surface area contributed by atoms with Crippen molar-refractivity contribution < 1.29 is 9.57 Å². The van der Waals surface area contributed by atoms with Crippen molar-refractivity contribution >= 4 is 5.71 Å². The zero-order chi connectivity index (χ0) is 12.2. The van der Waals surface area contributed by atoms with E-state index < -0.39 is 0 Å². The SMILES string of the molecule is c1ccc(/C2=N/OCCOc3ccccc32)cc1. The summed E-state index contributed by atoms with van der Waals surface area (Å²) < 4.78 is 5.67. The highest BCUT2D eigenvalue weighted by Gasteiger charge is 2.15. The number of para-hydroxylation sites is 1. The maximum atomic E-state index is 5.67. The summed E-state index contributed by atoms with van der Waals surface area (Å²) in [4.78, 5) is 5.26. The van der Waals surface area contributed by atoms with Gasteiger partial charge in [0, 0.05) is 11.1 Å². The summed E-state index contributed by atoms with van der Waals surface area (Å²) >= 11 is 0. The van der Waals surface area contributed by atoms with Crippen molar-refractivity contribution in [1.29, 1.82) is 0 Å². The lowest BCUT2D eigenvalue weighted by Gasteiger charge is -2.16. The first-order valence-electron chi connectivity index (χ1n) is 5.93. The van der Waals surface area contributed by atoms with Crippen LogP contribution in [0.3, 0.4) is 0 Å². The normalized spacial score (nSPS) is 17.2. The highest BCUT2D eigenvalue weighted by molar-refractivity contribution is 6.14. The lowest BCUT2D eigenvalue weighted by molar-refractivity contribution is 0.104. The lowest BCUT2D eigenvalue weighted by Crippen LogP contribution is -2.14. The standard InChI is InChI=1S/C15H13NO2/c1-2-6-12(7-3-1)15-13-8-4-5-9-14(13)17-10-11-18-16-15/h1-9H,10-11H2/b16-15-. The topological polar surface area (TPSA) is 30.8 Å². The van der Waals surface area contributed by atoms with Gasteiger partial charge in [0.1, 0.15) is 18.1 Å². The Hall–Kier alpha value is -2.29. The fraction of sp³-hybridized carbons (Fsp3) is 0.133.